The van der Waals surface area contributed by atoms with Crippen molar-refractivity contribution < 1.29 is 53.5 Å². The fraction of sp³-hybridized carbons (Fsp3) is 0.739. The fourth-order valence-electron chi connectivity index (χ4n) is 5.65. The summed E-state index contributed by atoms with van der Waals surface area (Å²) in [6.07, 6.45) is -5.69. The molecule has 1 saturated carbocycles. The molecule has 0 radical (unpaired) electrons. The zero-order chi connectivity index (χ0) is 27.9. The fourth-order valence-corrected chi connectivity index (χ4v) is 6.04. The van der Waals surface area contributed by atoms with Gasteiger partial charge in [-0.25, -0.2) is 4.57 Å². The highest BCUT2D eigenvalue weighted by atomic mass is 31.2. The summed E-state index contributed by atoms with van der Waals surface area (Å²) >= 11 is 0. The maximum atomic E-state index is 11.7. The first-order valence-electron chi connectivity index (χ1n) is 12.5. The lowest BCUT2D eigenvalue weighted by molar-refractivity contribution is -0.482. The molecule has 0 unspecified atom stereocenters. The Balaban J connectivity index is 1.46. The number of benzene rings is 1. The lowest BCUT2D eigenvalue weighted by Gasteiger charge is -2.60. The molecule has 1 aromatic rings. The number of hydrogen-bond donors (Lipinski definition) is 9. The molecule has 2 saturated heterocycles. The van der Waals surface area contributed by atoms with Crippen LogP contribution in [0.2, 0.25) is 0 Å². The van der Waals surface area contributed by atoms with Crippen molar-refractivity contribution in [3.8, 4) is 5.75 Å². The van der Waals surface area contributed by atoms with Gasteiger partial charge in [0.05, 0.1) is 24.3 Å². The van der Waals surface area contributed by atoms with Gasteiger partial charge in [0.2, 0.25) is 12.1 Å². The molecule has 0 bridgehead atoms. The third kappa shape index (κ3) is 5.79. The van der Waals surface area contributed by atoms with E-state index in [0.717, 1.165) is 5.56 Å². The Kier molecular flexibility index (Phi) is 8.87. The minimum atomic E-state index is -4.68. The number of fused-ring (bicyclic) bond motifs is 2. The molecule has 2 heterocycles. The molecule has 15 heteroatoms. The van der Waals surface area contributed by atoms with E-state index in [1.54, 1.807) is 33.2 Å². The van der Waals surface area contributed by atoms with Gasteiger partial charge < -0.3 is 55.1 Å². The Morgan fingerprint density at radius 2 is 1.79 bits per heavy atom. The van der Waals surface area contributed by atoms with E-state index in [0.29, 0.717) is 13.0 Å². The summed E-state index contributed by atoms with van der Waals surface area (Å²) in [7, 11) is -1.46. The lowest BCUT2D eigenvalue weighted by atomic mass is 9.77. The number of hydrogen-bond acceptors (Lipinski definition) is 12. The number of likely N-dealkylation sites (N-methyl/N-ethyl adjacent to an activating group) is 2. The van der Waals surface area contributed by atoms with Gasteiger partial charge in [0.25, 0.3) is 0 Å². The summed E-state index contributed by atoms with van der Waals surface area (Å²) in [5.74, 6) is -2.28. The number of phosphoric acid groups is 1. The van der Waals surface area contributed by atoms with Gasteiger partial charge >= 0.3 is 7.82 Å². The maximum absolute atomic E-state index is 11.7. The minimum Gasteiger partial charge on any atom is -0.404 e. The van der Waals surface area contributed by atoms with Crippen LogP contribution in [0.3, 0.4) is 0 Å². The van der Waals surface area contributed by atoms with Crippen LogP contribution in [0.25, 0.3) is 0 Å². The smallest absolute Gasteiger partial charge is 0.404 e. The number of nitrogens with one attached hydrogen (secondary N) is 3. The van der Waals surface area contributed by atoms with Crippen LogP contribution in [-0.4, -0.2) is 118 Å². The van der Waals surface area contributed by atoms with E-state index < -0.39 is 68.1 Å². The zero-order valence-corrected chi connectivity index (χ0v) is 22.3. The lowest BCUT2D eigenvalue weighted by Crippen LogP contribution is -2.81. The topological polar surface area (TPSA) is 211 Å². The number of phosphoric ester groups is 1. The third-order valence-corrected chi connectivity index (χ3v) is 7.93. The normalized spacial score (nSPS) is 41.3. The molecule has 0 aromatic heterocycles. The summed E-state index contributed by atoms with van der Waals surface area (Å²) in [4.78, 5) is 18.0. The van der Waals surface area contributed by atoms with Gasteiger partial charge in [-0.15, -0.1) is 0 Å². The van der Waals surface area contributed by atoms with Crippen LogP contribution in [-0.2, 0) is 25.2 Å². The monoisotopic (exact) mass is 563 g/mol. The molecule has 1 aliphatic carbocycles. The van der Waals surface area contributed by atoms with Gasteiger partial charge in [-0.2, -0.15) is 0 Å². The highest BCUT2D eigenvalue weighted by Gasteiger charge is 2.68. The largest absolute Gasteiger partial charge is 0.524 e. The summed E-state index contributed by atoms with van der Waals surface area (Å²) < 4.78 is 33.6. The van der Waals surface area contributed by atoms with Gasteiger partial charge in [-0.1, -0.05) is 12.1 Å². The average Bonchev–Trinajstić information content (AvgIpc) is 2.82. The maximum Gasteiger partial charge on any atom is 0.524 e. The molecule has 1 aromatic carbocycles. The van der Waals surface area contributed by atoms with E-state index >= 15 is 0 Å². The van der Waals surface area contributed by atoms with E-state index in [4.69, 9.17) is 24.0 Å². The van der Waals surface area contributed by atoms with E-state index in [1.165, 1.54) is 12.1 Å². The molecular formula is C23H38N3O11P. The standard InChI is InChI=1S/C23H38N3O11P/c1-12-10-22(29,11-26-8-7-13-5-4-6-14(9-13)37-38(31,32)33)23(30)21(34-12)35-20-18(28)15(24-2)17(27)16(25-3)19(20)36-23/h4-6,9,12,15-21,24-30H,7-8,10-11H2,1-3H3,(H2,31,32,33)/t12-,15-,16+,17+,18+,19-,20-,21+,22-,23-/m1/s1. The average molecular weight is 564 g/mol. The SMILES string of the molecule is CN[C@@H]1[C@H](O)[C@H](NC)[C@H]2O[C@]3(O)[C@H](O[C@@H]2[C@H]1O)O[C@H](C)C[C@@]3(O)CNCCc1cccc(OP(=O)(O)O)c1. The quantitative estimate of drug-likeness (QED) is 0.113. The Labute approximate surface area is 220 Å². The molecule has 4 rings (SSSR count). The van der Waals surface area contributed by atoms with Crippen molar-refractivity contribution in [2.45, 2.75) is 80.0 Å². The second kappa shape index (κ2) is 11.3. The van der Waals surface area contributed by atoms with E-state index in [9.17, 15) is 25.0 Å². The van der Waals surface area contributed by atoms with Crippen LogP contribution in [0.15, 0.2) is 24.3 Å². The van der Waals surface area contributed by atoms with Crippen molar-refractivity contribution in [3.05, 3.63) is 29.8 Å². The predicted molar refractivity (Wildman–Crippen MR) is 132 cm³/mol. The first kappa shape index (κ1) is 29.7. The first-order valence-corrected chi connectivity index (χ1v) is 14.0. The van der Waals surface area contributed by atoms with Crippen LogP contribution in [0.4, 0.5) is 0 Å². The molecule has 9 N–H and O–H groups in total. The van der Waals surface area contributed by atoms with Gasteiger partial charge in [0.1, 0.15) is 29.7 Å². The van der Waals surface area contributed by atoms with E-state index in [1.807, 2.05) is 0 Å². The molecule has 3 aliphatic rings. The molecule has 14 nitrogen and oxygen atoms in total. The summed E-state index contributed by atoms with van der Waals surface area (Å²) in [6.45, 7) is 1.95. The number of rotatable bonds is 9. The molecule has 2 aliphatic heterocycles. The number of ether oxygens (including phenoxy) is 3. The second-order valence-electron chi connectivity index (χ2n) is 10.2. The summed E-state index contributed by atoms with van der Waals surface area (Å²) in [5, 5.41) is 54.0. The molecule has 0 amide bonds. The molecule has 38 heavy (non-hydrogen) atoms. The van der Waals surface area contributed by atoms with Crippen molar-refractivity contribution in [2.24, 2.45) is 0 Å². The highest BCUT2D eigenvalue weighted by Crippen LogP contribution is 2.46. The van der Waals surface area contributed by atoms with Gasteiger partial charge in [0, 0.05) is 13.0 Å². The number of aliphatic hydroxyl groups excluding tert-OH is 2. The molecule has 0 spiro atoms. The van der Waals surface area contributed by atoms with Gasteiger partial charge in [-0.3, -0.25) is 9.79 Å². The van der Waals surface area contributed by atoms with E-state index in [2.05, 4.69) is 20.5 Å². The van der Waals surface area contributed by atoms with Crippen LogP contribution < -0.4 is 20.5 Å². The molecular weight excluding hydrogens is 525 g/mol. The first-order chi connectivity index (χ1) is 17.8. The Morgan fingerprint density at radius 3 is 2.45 bits per heavy atom. The van der Waals surface area contributed by atoms with Crippen molar-refractivity contribution in [1.82, 2.24) is 16.0 Å². The molecule has 10 atom stereocenters. The molecule has 216 valence electrons. The summed E-state index contributed by atoms with van der Waals surface area (Å²) in [6, 6.07) is 4.85. The van der Waals surface area contributed by atoms with Crippen molar-refractivity contribution in [2.75, 3.05) is 27.2 Å². The van der Waals surface area contributed by atoms with Gasteiger partial charge in [-0.05, 0) is 51.7 Å². The van der Waals surface area contributed by atoms with Crippen molar-refractivity contribution >= 4 is 7.82 Å². The van der Waals surface area contributed by atoms with Crippen LogP contribution in [0.5, 0.6) is 5.75 Å². The zero-order valence-electron chi connectivity index (χ0n) is 21.4. The summed E-state index contributed by atoms with van der Waals surface area (Å²) in [5.41, 5.74) is -1.13. The molecule has 3 fully saturated rings. The number of aliphatic hydroxyl groups is 4. The van der Waals surface area contributed by atoms with Crippen LogP contribution in [0, 0.1) is 0 Å². The van der Waals surface area contributed by atoms with Crippen molar-refractivity contribution in [1.29, 1.82) is 0 Å². The van der Waals surface area contributed by atoms with Gasteiger partial charge in [0.15, 0.2) is 0 Å². The van der Waals surface area contributed by atoms with E-state index in [-0.39, 0.29) is 18.7 Å². The predicted octanol–water partition coefficient (Wildman–Crippen LogP) is -2.46. The third-order valence-electron chi connectivity index (χ3n) is 7.48. The Bertz CT molecular complexity index is 1020. The van der Waals surface area contributed by atoms with Crippen molar-refractivity contribution in [3.63, 3.8) is 0 Å². The van der Waals surface area contributed by atoms with Crippen LogP contribution >= 0.6 is 7.82 Å². The second-order valence-corrected chi connectivity index (χ2v) is 11.3. The Morgan fingerprint density at radius 1 is 1.08 bits per heavy atom. The van der Waals surface area contributed by atoms with Crippen LogP contribution in [0.1, 0.15) is 18.9 Å². The highest BCUT2D eigenvalue weighted by molar-refractivity contribution is 7.46. The minimum absolute atomic E-state index is 0.00776. The Hall–Kier alpha value is -1.23.